The molecule has 1 amide bonds. The molecule has 0 radical (unpaired) electrons. The highest BCUT2D eigenvalue weighted by molar-refractivity contribution is 7.92. The summed E-state index contributed by atoms with van der Waals surface area (Å²) in [5.74, 6) is -0.890. The second-order valence-corrected chi connectivity index (χ2v) is 14.5. The fourth-order valence-electron chi connectivity index (χ4n) is 5.05. The Hall–Kier alpha value is -3.15. The lowest BCUT2D eigenvalue weighted by Gasteiger charge is -2.42. The minimum Gasteiger partial charge on any atom is -0.530 e. The number of carboxylic acid groups (broad SMARTS) is 1. The normalized spacial score (nSPS) is 18.4. The SMILES string of the molecule is CN(C1CCCC1)S(=O)(=O)NC[C@H]1CN(S(=O)(=O)c2ccc(F)cc2)c2cc(N(C(=O)[O-])C(C)(C)C(F)(F)F)ccc2O1. The third-order valence-electron chi connectivity index (χ3n) is 7.68. The Balaban J connectivity index is 1.73. The van der Waals surface area contributed by atoms with Crippen molar-refractivity contribution in [3.05, 3.63) is 48.3 Å². The predicted octanol–water partition coefficient (Wildman–Crippen LogP) is 2.98. The highest BCUT2D eigenvalue weighted by Gasteiger charge is 2.52. The molecule has 43 heavy (non-hydrogen) atoms. The summed E-state index contributed by atoms with van der Waals surface area (Å²) < 4.78 is 119. The van der Waals surface area contributed by atoms with Crippen LogP contribution in [-0.2, 0) is 20.2 Å². The van der Waals surface area contributed by atoms with E-state index in [1.165, 1.54) is 11.4 Å². The van der Waals surface area contributed by atoms with Crippen molar-refractivity contribution in [2.75, 3.05) is 29.3 Å². The molecule has 0 aromatic heterocycles. The fourth-order valence-corrected chi connectivity index (χ4v) is 7.76. The lowest BCUT2D eigenvalue weighted by Crippen LogP contribution is -2.60. The Morgan fingerprint density at radius 2 is 1.67 bits per heavy atom. The van der Waals surface area contributed by atoms with E-state index in [4.69, 9.17) is 4.74 Å². The van der Waals surface area contributed by atoms with E-state index < -0.39 is 62.2 Å². The number of amides is 1. The van der Waals surface area contributed by atoms with E-state index in [2.05, 4.69) is 4.72 Å². The van der Waals surface area contributed by atoms with E-state index in [9.17, 15) is 44.3 Å². The molecule has 1 fully saturated rings. The molecule has 0 spiro atoms. The summed E-state index contributed by atoms with van der Waals surface area (Å²) in [7, 11) is -7.08. The van der Waals surface area contributed by atoms with Crippen LogP contribution in [0.4, 0.5) is 33.7 Å². The molecule has 2 aromatic carbocycles. The van der Waals surface area contributed by atoms with Gasteiger partial charge in [-0.2, -0.15) is 30.6 Å². The van der Waals surface area contributed by atoms with Crippen LogP contribution >= 0.6 is 0 Å². The van der Waals surface area contributed by atoms with E-state index in [1.54, 1.807) is 0 Å². The van der Waals surface area contributed by atoms with Gasteiger partial charge in [-0.05, 0) is 69.2 Å². The zero-order chi connectivity index (χ0) is 32.0. The number of carbonyl (C=O) groups is 1. The van der Waals surface area contributed by atoms with Crippen molar-refractivity contribution in [2.24, 2.45) is 0 Å². The highest BCUT2D eigenvalue weighted by Crippen LogP contribution is 2.43. The number of ether oxygens (including phenoxy) is 1. The minimum absolute atomic E-state index is 0.0466. The number of anilines is 2. The fraction of sp³-hybridized carbons (Fsp3) is 0.500. The van der Waals surface area contributed by atoms with Crippen molar-refractivity contribution in [3.63, 3.8) is 0 Å². The van der Waals surface area contributed by atoms with Crippen LogP contribution in [0.3, 0.4) is 0 Å². The van der Waals surface area contributed by atoms with Gasteiger partial charge < -0.3 is 19.5 Å². The van der Waals surface area contributed by atoms with Crippen LogP contribution in [-0.4, -0.2) is 71.2 Å². The first kappa shape index (κ1) is 32.8. The summed E-state index contributed by atoms with van der Waals surface area (Å²) in [5.41, 5.74) is -3.84. The summed E-state index contributed by atoms with van der Waals surface area (Å²) in [4.78, 5) is 11.5. The number of rotatable bonds is 9. The van der Waals surface area contributed by atoms with Gasteiger partial charge in [0.1, 0.15) is 29.3 Å². The van der Waals surface area contributed by atoms with Crippen LogP contribution < -0.4 is 23.8 Å². The van der Waals surface area contributed by atoms with Crippen molar-refractivity contribution in [3.8, 4) is 5.75 Å². The number of sulfonamides is 1. The Bertz CT molecular complexity index is 1560. The third kappa shape index (κ3) is 6.53. The summed E-state index contributed by atoms with van der Waals surface area (Å²) in [6.07, 6.45) is -5.15. The van der Waals surface area contributed by atoms with Gasteiger partial charge in [0.05, 0.1) is 23.7 Å². The van der Waals surface area contributed by atoms with Crippen molar-refractivity contribution in [1.82, 2.24) is 9.03 Å². The number of carbonyl (C=O) groups excluding carboxylic acids is 1. The maximum absolute atomic E-state index is 13.8. The monoisotopic (exact) mass is 651 g/mol. The topological polar surface area (TPSA) is 139 Å². The number of hydrogen-bond donors (Lipinski definition) is 1. The van der Waals surface area contributed by atoms with Gasteiger partial charge in [-0.3, -0.25) is 4.31 Å². The van der Waals surface area contributed by atoms with Crippen LogP contribution in [0.5, 0.6) is 5.75 Å². The van der Waals surface area contributed by atoms with Gasteiger partial charge in [0.25, 0.3) is 20.2 Å². The maximum Gasteiger partial charge on any atom is 0.411 e. The molecular weight excluding hydrogens is 620 g/mol. The number of halogens is 4. The summed E-state index contributed by atoms with van der Waals surface area (Å²) >= 11 is 0. The maximum atomic E-state index is 13.8. The third-order valence-corrected chi connectivity index (χ3v) is 11.1. The van der Waals surface area contributed by atoms with Gasteiger partial charge in [-0.1, -0.05) is 12.8 Å². The Kier molecular flexibility index (Phi) is 8.94. The molecule has 1 saturated carbocycles. The Morgan fingerprint density at radius 3 is 2.23 bits per heavy atom. The highest BCUT2D eigenvalue weighted by atomic mass is 32.2. The van der Waals surface area contributed by atoms with E-state index in [0.717, 1.165) is 59.6 Å². The van der Waals surface area contributed by atoms with E-state index in [1.807, 2.05) is 0 Å². The van der Waals surface area contributed by atoms with E-state index in [-0.39, 0.29) is 33.8 Å². The number of fused-ring (bicyclic) bond motifs is 1. The zero-order valence-corrected chi connectivity index (χ0v) is 25.1. The molecule has 0 bridgehead atoms. The number of nitrogens with one attached hydrogen (secondary N) is 1. The van der Waals surface area contributed by atoms with Crippen LogP contribution in [0, 0.1) is 5.82 Å². The second kappa shape index (κ2) is 11.7. The smallest absolute Gasteiger partial charge is 0.411 e. The molecule has 11 nitrogen and oxygen atoms in total. The average Bonchev–Trinajstić information content (AvgIpc) is 3.45. The van der Waals surface area contributed by atoms with Gasteiger partial charge in [0.15, 0.2) is 0 Å². The molecule has 1 N–H and O–H groups in total. The largest absolute Gasteiger partial charge is 0.530 e. The van der Waals surface area contributed by atoms with Crippen LogP contribution in [0.1, 0.15) is 39.5 Å². The van der Waals surface area contributed by atoms with Crippen molar-refractivity contribution < 1.29 is 49.0 Å². The number of nitrogens with zero attached hydrogens (tertiary/aromatic N) is 3. The zero-order valence-electron chi connectivity index (χ0n) is 23.5. The minimum atomic E-state index is -5.03. The molecule has 1 aliphatic heterocycles. The molecule has 17 heteroatoms. The van der Waals surface area contributed by atoms with Gasteiger partial charge in [0, 0.05) is 18.8 Å². The molecular formula is C26H31F4N4O7S2-. The van der Waals surface area contributed by atoms with Gasteiger partial charge in [-0.25, -0.2) is 12.8 Å². The first-order chi connectivity index (χ1) is 19.9. The number of alkyl halides is 3. The average molecular weight is 652 g/mol. The number of hydrogen-bond acceptors (Lipinski definition) is 7. The molecule has 4 rings (SSSR count). The summed E-state index contributed by atoms with van der Waals surface area (Å²) in [6.45, 7) is 0.356. The van der Waals surface area contributed by atoms with Crippen LogP contribution in [0.2, 0.25) is 0 Å². The first-order valence-electron chi connectivity index (χ1n) is 13.3. The molecule has 2 aromatic rings. The molecule has 1 atom stereocenters. The standard InChI is InChI=1S/C26H32F4N4O7S2/c1-25(2,26(28,29)30)34(24(35)36)19-10-13-23-22(14-19)33(42(37,38)21-11-8-17(27)9-12-21)16-20(41-23)15-31-43(39,40)32(3)18-6-4-5-7-18/h8-14,18,20,31H,4-7,15-16H2,1-3H3,(H,35,36)/p-1/t20-/m0/s1. The van der Waals surface area contributed by atoms with Crippen molar-refractivity contribution in [2.45, 2.75) is 68.3 Å². The molecule has 238 valence electrons. The Labute approximate surface area is 247 Å². The molecule has 0 unspecified atom stereocenters. The van der Waals surface area contributed by atoms with Gasteiger partial charge in [-0.15, -0.1) is 0 Å². The molecule has 1 heterocycles. The van der Waals surface area contributed by atoms with Crippen molar-refractivity contribution in [1.29, 1.82) is 0 Å². The molecule has 1 aliphatic carbocycles. The van der Waals surface area contributed by atoms with Gasteiger partial charge in [0.2, 0.25) is 0 Å². The second-order valence-electron chi connectivity index (χ2n) is 10.8. The predicted molar refractivity (Wildman–Crippen MR) is 147 cm³/mol. The van der Waals surface area contributed by atoms with E-state index >= 15 is 0 Å². The Morgan fingerprint density at radius 1 is 1.07 bits per heavy atom. The van der Waals surface area contributed by atoms with Crippen LogP contribution in [0.15, 0.2) is 47.4 Å². The van der Waals surface area contributed by atoms with Crippen LogP contribution in [0.25, 0.3) is 0 Å². The first-order valence-corrected chi connectivity index (χ1v) is 16.1. The van der Waals surface area contributed by atoms with Crippen molar-refractivity contribution >= 4 is 37.7 Å². The summed E-state index contributed by atoms with van der Waals surface area (Å²) in [5, 5.41) is 11.9. The molecule has 0 saturated heterocycles. The number of benzene rings is 2. The lowest BCUT2D eigenvalue weighted by molar-refractivity contribution is -0.254. The molecule has 2 aliphatic rings. The van der Waals surface area contributed by atoms with Gasteiger partial charge >= 0.3 is 6.18 Å². The quantitative estimate of drug-likeness (QED) is 0.412. The summed E-state index contributed by atoms with van der Waals surface area (Å²) in [6, 6.07) is 6.56. The lowest BCUT2D eigenvalue weighted by atomic mass is 10.0. The van der Waals surface area contributed by atoms with E-state index in [0.29, 0.717) is 26.7 Å².